The van der Waals surface area contributed by atoms with Gasteiger partial charge in [0.05, 0.1) is 13.0 Å². The number of ether oxygens (including phenoxy) is 2. The number of carboxylic acid groups (broad SMARTS) is 1. The Balaban J connectivity index is 1.26. The smallest absolute Gasteiger partial charge is 0.305 e. The van der Waals surface area contributed by atoms with Crippen LogP contribution in [0.1, 0.15) is 107 Å². The van der Waals surface area contributed by atoms with Gasteiger partial charge in [0.15, 0.2) is 11.6 Å². The summed E-state index contributed by atoms with van der Waals surface area (Å²) in [6, 6.07) is 22.8. The van der Waals surface area contributed by atoms with Crippen molar-refractivity contribution in [2.45, 2.75) is 103 Å². The van der Waals surface area contributed by atoms with E-state index in [1.165, 1.54) is 25.7 Å². The van der Waals surface area contributed by atoms with E-state index in [1.54, 1.807) is 0 Å². The molecule has 3 aromatic carbocycles. The molecule has 0 bridgehead atoms. The summed E-state index contributed by atoms with van der Waals surface area (Å²) in [7, 11) is 0. The maximum atomic E-state index is 14.0. The average molecular weight is 748 g/mol. The van der Waals surface area contributed by atoms with Crippen molar-refractivity contribution in [1.82, 2.24) is 15.3 Å². The van der Waals surface area contributed by atoms with Crippen LogP contribution in [-0.4, -0.2) is 58.6 Å². The van der Waals surface area contributed by atoms with Gasteiger partial charge in [-0.1, -0.05) is 114 Å². The molecule has 1 saturated heterocycles. The van der Waals surface area contributed by atoms with E-state index in [2.05, 4.69) is 43.0 Å². The number of nitrogens with zero attached hydrogens (tertiary/aromatic N) is 2. The number of aromatic nitrogens is 2. The molecular weight excluding hydrogens is 691 g/mol. The van der Waals surface area contributed by atoms with E-state index >= 15 is 0 Å². The maximum absolute atomic E-state index is 14.0. The van der Waals surface area contributed by atoms with E-state index in [4.69, 9.17) is 9.47 Å². The van der Waals surface area contributed by atoms with E-state index < -0.39 is 17.9 Å². The van der Waals surface area contributed by atoms with Gasteiger partial charge in [0.1, 0.15) is 5.75 Å². The van der Waals surface area contributed by atoms with Crippen LogP contribution in [0, 0.1) is 11.8 Å². The number of carbonyl (C=O) groups excluding carboxylic acids is 2. The van der Waals surface area contributed by atoms with Gasteiger partial charge in [-0.05, 0) is 65.8 Å². The Bertz CT molecular complexity index is 1810. The number of carbonyl (C=O) groups is 3. The number of hydrogen-bond acceptors (Lipinski definition) is 7. The number of benzene rings is 3. The first kappa shape index (κ1) is 41.3. The second-order valence-electron chi connectivity index (χ2n) is 15.8. The lowest BCUT2D eigenvalue weighted by Gasteiger charge is -2.31. The van der Waals surface area contributed by atoms with Crippen LogP contribution >= 0.6 is 0 Å². The molecule has 0 spiro atoms. The van der Waals surface area contributed by atoms with Gasteiger partial charge in [0.2, 0.25) is 5.91 Å². The summed E-state index contributed by atoms with van der Waals surface area (Å²) in [5, 5.41) is 12.7. The van der Waals surface area contributed by atoms with E-state index in [1.807, 2.05) is 85.2 Å². The van der Waals surface area contributed by atoms with Crippen LogP contribution in [0.15, 0.2) is 85.2 Å². The molecule has 4 aromatic rings. The molecule has 2 atom stereocenters. The van der Waals surface area contributed by atoms with Gasteiger partial charge in [0, 0.05) is 60.7 Å². The molecule has 9 heteroatoms. The highest BCUT2D eigenvalue weighted by atomic mass is 16.5. The van der Waals surface area contributed by atoms with Crippen molar-refractivity contribution in [3.8, 4) is 28.3 Å². The van der Waals surface area contributed by atoms with Gasteiger partial charge < -0.3 is 19.9 Å². The molecule has 1 fully saturated rings. The van der Waals surface area contributed by atoms with Crippen LogP contribution < -0.4 is 10.1 Å². The summed E-state index contributed by atoms with van der Waals surface area (Å²) in [6.07, 6.45) is 11.1. The topological polar surface area (TPSA) is 128 Å². The highest BCUT2D eigenvalue weighted by Gasteiger charge is 2.31. The van der Waals surface area contributed by atoms with Crippen LogP contribution in [0.2, 0.25) is 0 Å². The monoisotopic (exact) mass is 747 g/mol. The zero-order chi connectivity index (χ0) is 39.2. The number of nitrogens with one attached hydrogen (secondary N) is 1. The number of rotatable bonds is 19. The highest BCUT2D eigenvalue weighted by Crippen LogP contribution is 2.27. The van der Waals surface area contributed by atoms with E-state index in [-0.39, 0.29) is 35.9 Å². The van der Waals surface area contributed by atoms with Crippen molar-refractivity contribution in [3.05, 3.63) is 102 Å². The number of aliphatic carboxylic acids is 1. The standard InChI is InChI=1S/C46H57N3O6/c1-5-6-7-8-9-24-55-40-20-16-33(17-21-40)38-30-47-44(48-31-38)36-12-10-32(11-13-36)27-37(28-42(50)35-14-18-39(19-15-35)46(2,3)4)45(53)49-41(29-43(51)52)34-22-25-54-26-23-34/h10-21,30-31,34,37,41H,5-9,22-29H2,1-4H3,(H,49,53)(H,51,52)/t37-,41?/m1/s1. The predicted octanol–water partition coefficient (Wildman–Crippen LogP) is 9.28. The van der Waals surface area contributed by atoms with Crippen molar-refractivity contribution < 1.29 is 29.0 Å². The van der Waals surface area contributed by atoms with Crippen molar-refractivity contribution >= 4 is 17.7 Å². The minimum Gasteiger partial charge on any atom is -0.494 e. The second kappa shape index (κ2) is 20.1. The fourth-order valence-corrected chi connectivity index (χ4v) is 7.04. The van der Waals surface area contributed by atoms with Gasteiger partial charge >= 0.3 is 5.97 Å². The van der Waals surface area contributed by atoms with Crippen molar-refractivity contribution in [2.75, 3.05) is 19.8 Å². The second-order valence-corrected chi connectivity index (χ2v) is 15.8. The molecule has 1 aliphatic rings. The third-order valence-corrected chi connectivity index (χ3v) is 10.5. The lowest BCUT2D eigenvalue weighted by atomic mass is 9.85. The fourth-order valence-electron chi connectivity index (χ4n) is 7.04. The van der Waals surface area contributed by atoms with Gasteiger partial charge in [-0.15, -0.1) is 0 Å². The Morgan fingerprint density at radius 1 is 0.818 bits per heavy atom. The fraction of sp³-hybridized carbons (Fsp3) is 0.457. The average Bonchev–Trinajstić information content (AvgIpc) is 3.19. The van der Waals surface area contributed by atoms with Crippen molar-refractivity contribution in [3.63, 3.8) is 0 Å². The third-order valence-electron chi connectivity index (χ3n) is 10.5. The first-order valence-corrected chi connectivity index (χ1v) is 19.9. The van der Waals surface area contributed by atoms with Crippen LogP contribution in [0.4, 0.5) is 0 Å². The van der Waals surface area contributed by atoms with Gasteiger partial charge in [-0.3, -0.25) is 14.4 Å². The van der Waals surface area contributed by atoms with Gasteiger partial charge in [-0.25, -0.2) is 9.97 Å². The predicted molar refractivity (Wildman–Crippen MR) is 216 cm³/mol. The molecule has 55 heavy (non-hydrogen) atoms. The number of unbranched alkanes of at least 4 members (excludes halogenated alkanes) is 4. The van der Waals surface area contributed by atoms with Gasteiger partial charge in [-0.2, -0.15) is 0 Å². The SMILES string of the molecule is CCCCCCCOc1ccc(-c2cnc(-c3ccc(C[C@H](CC(=O)c4ccc(C(C)(C)C)cc4)C(=O)NC(CC(=O)O)C4CCOCC4)cc3)nc2)cc1. The zero-order valence-electron chi connectivity index (χ0n) is 32.9. The maximum Gasteiger partial charge on any atom is 0.305 e. The molecule has 1 amide bonds. The van der Waals surface area contributed by atoms with Crippen LogP contribution in [0.5, 0.6) is 5.75 Å². The van der Waals surface area contributed by atoms with Crippen molar-refractivity contribution in [1.29, 1.82) is 0 Å². The van der Waals surface area contributed by atoms with E-state index in [9.17, 15) is 19.5 Å². The number of Topliss-reactive ketones (excluding diaryl/α,β-unsaturated/α-hetero) is 1. The number of ketones is 1. The lowest BCUT2D eigenvalue weighted by molar-refractivity contribution is -0.138. The molecule has 1 unspecified atom stereocenters. The molecule has 1 aromatic heterocycles. The van der Waals surface area contributed by atoms with Crippen LogP contribution in [0.25, 0.3) is 22.5 Å². The normalized spacial score (nSPS) is 14.5. The first-order valence-electron chi connectivity index (χ1n) is 19.9. The summed E-state index contributed by atoms with van der Waals surface area (Å²) in [6.45, 7) is 10.4. The molecule has 5 rings (SSSR count). The summed E-state index contributed by atoms with van der Waals surface area (Å²) < 4.78 is 11.4. The Kier molecular flexibility index (Phi) is 15.1. The summed E-state index contributed by atoms with van der Waals surface area (Å²) in [4.78, 5) is 48.7. The molecular formula is C46H57N3O6. The van der Waals surface area contributed by atoms with Gasteiger partial charge in [0.25, 0.3) is 0 Å². The molecule has 0 radical (unpaired) electrons. The Labute approximate surface area is 326 Å². The van der Waals surface area contributed by atoms with Crippen LogP contribution in [0.3, 0.4) is 0 Å². The highest BCUT2D eigenvalue weighted by molar-refractivity contribution is 5.98. The quantitative estimate of drug-likeness (QED) is 0.0718. The molecule has 292 valence electrons. The zero-order valence-corrected chi connectivity index (χ0v) is 32.9. The molecule has 1 aliphatic heterocycles. The Morgan fingerprint density at radius 3 is 2.07 bits per heavy atom. The van der Waals surface area contributed by atoms with E-state index in [0.29, 0.717) is 43.9 Å². The number of carboxylic acids is 1. The molecule has 9 nitrogen and oxygen atoms in total. The molecule has 0 aliphatic carbocycles. The molecule has 0 saturated carbocycles. The van der Waals surface area contributed by atoms with E-state index in [0.717, 1.165) is 46.6 Å². The number of amides is 1. The Hall–Kier alpha value is -4.89. The minimum absolute atomic E-state index is 0.00720. The molecule has 2 N–H and O–H groups in total. The van der Waals surface area contributed by atoms with Crippen LogP contribution in [-0.2, 0) is 26.2 Å². The van der Waals surface area contributed by atoms with Crippen molar-refractivity contribution in [2.24, 2.45) is 11.8 Å². The summed E-state index contributed by atoms with van der Waals surface area (Å²) in [5.41, 5.74) is 5.22. The lowest BCUT2D eigenvalue weighted by Crippen LogP contribution is -2.46. The first-order chi connectivity index (χ1) is 26.5. The largest absolute Gasteiger partial charge is 0.494 e. The Morgan fingerprint density at radius 2 is 1.45 bits per heavy atom. The third kappa shape index (κ3) is 12.6. The minimum atomic E-state index is -0.972. The number of hydrogen-bond donors (Lipinski definition) is 2. The molecule has 2 heterocycles. The summed E-state index contributed by atoms with van der Waals surface area (Å²) in [5.74, 6) is -0.696. The summed E-state index contributed by atoms with van der Waals surface area (Å²) >= 11 is 0.